The Morgan fingerprint density at radius 2 is 1.89 bits per heavy atom. The second kappa shape index (κ2) is 5.56. The SMILES string of the molecule is Cc1nc2scc(C)n2c1CNC(CO)(CO)CO. The summed E-state index contributed by atoms with van der Waals surface area (Å²) in [6.45, 7) is 3.36. The van der Waals surface area contributed by atoms with Gasteiger partial charge in [-0.25, -0.2) is 4.98 Å². The van der Waals surface area contributed by atoms with Gasteiger partial charge in [-0.1, -0.05) is 0 Å². The summed E-state index contributed by atoms with van der Waals surface area (Å²) in [6.07, 6.45) is 0. The number of thiazole rings is 1. The van der Waals surface area contributed by atoms with Crippen molar-refractivity contribution in [1.29, 1.82) is 0 Å². The number of nitrogens with zero attached hydrogens (tertiary/aromatic N) is 2. The lowest BCUT2D eigenvalue weighted by atomic mass is 10.0. The van der Waals surface area contributed by atoms with E-state index in [9.17, 15) is 15.3 Å². The molecular weight excluding hydrogens is 266 g/mol. The van der Waals surface area contributed by atoms with Crippen LogP contribution in [0.1, 0.15) is 17.1 Å². The maximum Gasteiger partial charge on any atom is 0.194 e. The molecule has 0 spiro atoms. The van der Waals surface area contributed by atoms with Crippen LogP contribution in [-0.4, -0.2) is 50.1 Å². The van der Waals surface area contributed by atoms with Crippen LogP contribution in [0, 0.1) is 13.8 Å². The molecule has 0 aliphatic rings. The van der Waals surface area contributed by atoms with Crippen molar-refractivity contribution in [3.63, 3.8) is 0 Å². The van der Waals surface area contributed by atoms with E-state index in [1.807, 2.05) is 23.6 Å². The molecule has 6 nitrogen and oxygen atoms in total. The third-order valence-corrected chi connectivity index (χ3v) is 4.31. The zero-order valence-electron chi connectivity index (χ0n) is 11.1. The maximum absolute atomic E-state index is 9.30. The summed E-state index contributed by atoms with van der Waals surface area (Å²) in [4.78, 5) is 5.39. The largest absolute Gasteiger partial charge is 0.394 e. The van der Waals surface area contributed by atoms with Crippen LogP contribution in [0.2, 0.25) is 0 Å². The van der Waals surface area contributed by atoms with Crippen LogP contribution in [0.3, 0.4) is 0 Å². The summed E-state index contributed by atoms with van der Waals surface area (Å²) < 4.78 is 2.05. The van der Waals surface area contributed by atoms with E-state index in [1.165, 1.54) is 0 Å². The first-order valence-electron chi connectivity index (χ1n) is 6.06. The Hall–Kier alpha value is -0.990. The molecule has 0 aliphatic heterocycles. The van der Waals surface area contributed by atoms with Crippen LogP contribution in [0.4, 0.5) is 0 Å². The third kappa shape index (κ3) is 2.52. The van der Waals surface area contributed by atoms with Gasteiger partial charge in [0.15, 0.2) is 4.96 Å². The number of nitrogens with one attached hydrogen (secondary N) is 1. The number of rotatable bonds is 6. The molecule has 0 aliphatic carbocycles. The number of hydrogen-bond donors (Lipinski definition) is 4. The highest BCUT2D eigenvalue weighted by Gasteiger charge is 2.28. The number of aliphatic hydroxyl groups is 3. The van der Waals surface area contributed by atoms with Gasteiger partial charge in [0.2, 0.25) is 0 Å². The van der Waals surface area contributed by atoms with Crippen molar-refractivity contribution in [2.75, 3.05) is 19.8 Å². The van der Waals surface area contributed by atoms with Crippen molar-refractivity contribution in [2.45, 2.75) is 25.9 Å². The van der Waals surface area contributed by atoms with E-state index in [1.54, 1.807) is 11.3 Å². The Balaban J connectivity index is 2.26. The predicted molar refractivity (Wildman–Crippen MR) is 73.4 cm³/mol. The van der Waals surface area contributed by atoms with Crippen molar-refractivity contribution in [3.8, 4) is 0 Å². The lowest BCUT2D eigenvalue weighted by molar-refractivity contribution is 0.0411. The maximum atomic E-state index is 9.30. The Morgan fingerprint density at radius 3 is 2.47 bits per heavy atom. The van der Waals surface area contributed by atoms with E-state index in [0.717, 1.165) is 22.0 Å². The van der Waals surface area contributed by atoms with Crippen LogP contribution in [0.25, 0.3) is 4.96 Å². The van der Waals surface area contributed by atoms with Crippen molar-refractivity contribution in [1.82, 2.24) is 14.7 Å². The van der Waals surface area contributed by atoms with E-state index in [2.05, 4.69) is 10.3 Å². The third-order valence-electron chi connectivity index (χ3n) is 3.37. The van der Waals surface area contributed by atoms with Crippen molar-refractivity contribution < 1.29 is 15.3 Å². The fraction of sp³-hybridized carbons (Fsp3) is 0.583. The van der Waals surface area contributed by atoms with Crippen molar-refractivity contribution in [2.24, 2.45) is 0 Å². The highest BCUT2D eigenvalue weighted by Crippen LogP contribution is 2.20. The zero-order chi connectivity index (χ0) is 14.0. The van der Waals surface area contributed by atoms with Gasteiger partial charge in [0.1, 0.15) is 0 Å². The fourth-order valence-electron chi connectivity index (χ4n) is 1.96. The second-order valence-corrected chi connectivity index (χ2v) is 5.58. The van der Waals surface area contributed by atoms with E-state index < -0.39 is 5.54 Å². The molecular formula is C12H19N3O3S. The second-order valence-electron chi connectivity index (χ2n) is 4.75. The average molecular weight is 285 g/mol. The van der Waals surface area contributed by atoms with Gasteiger partial charge in [-0.3, -0.25) is 9.72 Å². The Labute approximate surface area is 115 Å². The molecule has 0 saturated heterocycles. The number of imidazole rings is 1. The normalized spacial score (nSPS) is 12.5. The summed E-state index contributed by atoms with van der Waals surface area (Å²) in [6, 6.07) is 0. The molecule has 0 bridgehead atoms. The topological polar surface area (TPSA) is 90.0 Å². The quantitative estimate of drug-likeness (QED) is 0.591. The smallest absolute Gasteiger partial charge is 0.194 e. The summed E-state index contributed by atoms with van der Waals surface area (Å²) in [5.41, 5.74) is 1.92. The fourth-order valence-corrected chi connectivity index (χ4v) is 2.90. The van der Waals surface area contributed by atoms with Gasteiger partial charge in [0.25, 0.3) is 0 Å². The van der Waals surface area contributed by atoms with Crippen LogP contribution >= 0.6 is 11.3 Å². The molecule has 106 valence electrons. The van der Waals surface area contributed by atoms with Gasteiger partial charge in [-0.2, -0.15) is 0 Å². The average Bonchev–Trinajstić information content (AvgIpc) is 2.92. The Kier molecular flexibility index (Phi) is 4.22. The molecule has 4 N–H and O–H groups in total. The molecule has 0 fully saturated rings. The number of hydrogen-bond acceptors (Lipinski definition) is 6. The first-order valence-corrected chi connectivity index (χ1v) is 6.94. The lowest BCUT2D eigenvalue weighted by Crippen LogP contribution is -2.54. The number of aryl methyl sites for hydroxylation is 2. The van der Waals surface area contributed by atoms with Gasteiger partial charge >= 0.3 is 0 Å². The summed E-state index contributed by atoms with van der Waals surface area (Å²) in [7, 11) is 0. The van der Waals surface area contributed by atoms with Crippen molar-refractivity contribution >= 4 is 16.3 Å². The van der Waals surface area contributed by atoms with Crippen molar-refractivity contribution in [3.05, 3.63) is 22.5 Å². The predicted octanol–water partition coefficient (Wildman–Crippen LogP) is -0.182. The van der Waals surface area contributed by atoms with Crippen LogP contribution < -0.4 is 5.32 Å². The Morgan fingerprint density at radius 1 is 1.26 bits per heavy atom. The molecule has 2 aromatic rings. The number of fused-ring (bicyclic) bond motifs is 1. The van der Waals surface area contributed by atoms with Gasteiger partial charge < -0.3 is 15.3 Å². The standard InChI is InChI=1S/C12H19N3O3S/c1-8-4-19-11-14-9(2)10(15(8)11)3-13-12(5-16,6-17)7-18/h4,13,16-18H,3,5-7H2,1-2H3. The molecule has 0 atom stereocenters. The minimum atomic E-state index is -1.07. The summed E-state index contributed by atoms with van der Waals surface area (Å²) in [5, 5.41) is 33.0. The zero-order valence-corrected chi connectivity index (χ0v) is 11.9. The van der Waals surface area contributed by atoms with Crippen LogP contribution in [-0.2, 0) is 6.54 Å². The van der Waals surface area contributed by atoms with Gasteiger partial charge in [-0.15, -0.1) is 11.3 Å². The highest BCUT2D eigenvalue weighted by molar-refractivity contribution is 7.15. The van der Waals surface area contributed by atoms with E-state index in [-0.39, 0.29) is 19.8 Å². The lowest BCUT2D eigenvalue weighted by Gasteiger charge is -2.28. The monoisotopic (exact) mass is 285 g/mol. The van der Waals surface area contributed by atoms with Gasteiger partial charge in [0, 0.05) is 17.6 Å². The summed E-state index contributed by atoms with van der Waals surface area (Å²) >= 11 is 1.58. The van der Waals surface area contributed by atoms with E-state index >= 15 is 0 Å². The minimum absolute atomic E-state index is 0.330. The first kappa shape index (κ1) is 14.4. The van der Waals surface area contributed by atoms with E-state index in [0.29, 0.717) is 6.54 Å². The van der Waals surface area contributed by atoms with Crippen LogP contribution in [0.5, 0.6) is 0 Å². The molecule has 0 radical (unpaired) electrons. The molecule has 0 saturated carbocycles. The summed E-state index contributed by atoms with van der Waals surface area (Å²) in [5.74, 6) is 0. The first-order chi connectivity index (χ1) is 9.06. The number of aromatic nitrogens is 2. The molecule has 2 aromatic heterocycles. The molecule has 2 heterocycles. The highest BCUT2D eigenvalue weighted by atomic mass is 32.1. The minimum Gasteiger partial charge on any atom is -0.394 e. The van der Waals surface area contributed by atoms with Gasteiger partial charge in [-0.05, 0) is 13.8 Å². The van der Waals surface area contributed by atoms with Crippen LogP contribution in [0.15, 0.2) is 5.38 Å². The molecule has 19 heavy (non-hydrogen) atoms. The molecule has 2 rings (SSSR count). The molecule has 0 amide bonds. The number of aliphatic hydroxyl groups excluding tert-OH is 3. The van der Waals surface area contributed by atoms with Gasteiger partial charge in [0.05, 0.1) is 36.7 Å². The molecule has 0 unspecified atom stereocenters. The van der Waals surface area contributed by atoms with E-state index in [4.69, 9.17) is 0 Å². The molecule has 7 heteroatoms. The molecule has 0 aromatic carbocycles. The Bertz CT molecular complexity index is 552.